The summed E-state index contributed by atoms with van der Waals surface area (Å²) in [6, 6.07) is 14.6. The molecule has 0 bridgehead atoms. The molecule has 2 rings (SSSR count). The van der Waals surface area contributed by atoms with Crippen LogP contribution < -0.4 is 0 Å². The number of para-hydroxylation sites is 1. The largest absolute Gasteiger partial charge is 0.478 e. The highest BCUT2D eigenvalue weighted by molar-refractivity contribution is 5.95. The SMILES string of the molecule is Cc1ccc(C=Nc2ccccc2C(=O)O)cc1. The van der Waals surface area contributed by atoms with Gasteiger partial charge in [0.15, 0.2) is 0 Å². The molecule has 0 spiro atoms. The quantitative estimate of drug-likeness (QED) is 0.834. The van der Waals surface area contributed by atoms with Gasteiger partial charge in [0, 0.05) is 6.21 Å². The maximum absolute atomic E-state index is 11.0. The molecule has 0 heterocycles. The van der Waals surface area contributed by atoms with Crippen molar-refractivity contribution in [1.82, 2.24) is 0 Å². The normalized spacial score (nSPS) is 10.7. The molecule has 90 valence electrons. The molecule has 0 saturated heterocycles. The van der Waals surface area contributed by atoms with Gasteiger partial charge in [0.1, 0.15) is 0 Å². The molecular weight excluding hydrogens is 226 g/mol. The molecule has 3 nitrogen and oxygen atoms in total. The van der Waals surface area contributed by atoms with E-state index in [0.717, 1.165) is 5.56 Å². The maximum Gasteiger partial charge on any atom is 0.337 e. The summed E-state index contributed by atoms with van der Waals surface area (Å²) >= 11 is 0. The number of hydrogen-bond acceptors (Lipinski definition) is 2. The second-order valence-electron chi connectivity index (χ2n) is 3.99. The topological polar surface area (TPSA) is 49.7 Å². The molecule has 0 unspecified atom stereocenters. The van der Waals surface area contributed by atoms with E-state index in [2.05, 4.69) is 4.99 Å². The van der Waals surface area contributed by atoms with E-state index < -0.39 is 5.97 Å². The Morgan fingerprint density at radius 1 is 1.11 bits per heavy atom. The number of carboxylic acid groups (broad SMARTS) is 1. The van der Waals surface area contributed by atoms with Crippen molar-refractivity contribution in [2.45, 2.75) is 6.92 Å². The molecule has 0 amide bonds. The molecule has 0 fully saturated rings. The third-order valence-corrected chi connectivity index (χ3v) is 2.56. The molecule has 0 aromatic heterocycles. The van der Waals surface area contributed by atoms with Gasteiger partial charge in [-0.3, -0.25) is 4.99 Å². The predicted octanol–water partition coefficient (Wildman–Crippen LogP) is 3.44. The standard InChI is InChI=1S/C15H13NO2/c1-11-6-8-12(9-7-11)10-16-14-5-3-2-4-13(14)15(17)18/h2-10H,1H3,(H,17,18). The van der Waals surface area contributed by atoms with Crippen molar-refractivity contribution in [2.75, 3.05) is 0 Å². The van der Waals surface area contributed by atoms with Crippen LogP contribution in [-0.4, -0.2) is 17.3 Å². The number of carbonyl (C=O) groups is 1. The summed E-state index contributed by atoms with van der Waals surface area (Å²) in [4.78, 5) is 15.2. The van der Waals surface area contributed by atoms with Crippen LogP contribution in [0.15, 0.2) is 53.5 Å². The Morgan fingerprint density at radius 3 is 2.44 bits per heavy atom. The molecular formula is C15H13NO2. The molecule has 0 radical (unpaired) electrons. The lowest BCUT2D eigenvalue weighted by Gasteiger charge is -1.99. The van der Waals surface area contributed by atoms with E-state index >= 15 is 0 Å². The van der Waals surface area contributed by atoms with E-state index in [1.54, 1.807) is 30.5 Å². The van der Waals surface area contributed by atoms with Crippen LogP contribution in [0.25, 0.3) is 0 Å². The van der Waals surface area contributed by atoms with Gasteiger partial charge >= 0.3 is 5.97 Å². The summed E-state index contributed by atoms with van der Waals surface area (Å²) in [6.07, 6.45) is 1.67. The van der Waals surface area contributed by atoms with Crippen molar-refractivity contribution in [1.29, 1.82) is 0 Å². The fourth-order valence-electron chi connectivity index (χ4n) is 1.56. The summed E-state index contributed by atoms with van der Waals surface area (Å²) in [5.41, 5.74) is 2.80. The Balaban J connectivity index is 2.29. The molecule has 2 aromatic carbocycles. The molecule has 0 aliphatic carbocycles. The molecule has 0 aliphatic rings. The van der Waals surface area contributed by atoms with E-state index in [1.165, 1.54) is 5.56 Å². The lowest BCUT2D eigenvalue weighted by Crippen LogP contribution is -1.96. The fraction of sp³-hybridized carbons (Fsp3) is 0.0667. The van der Waals surface area contributed by atoms with Crippen LogP contribution in [0.2, 0.25) is 0 Å². The van der Waals surface area contributed by atoms with E-state index in [-0.39, 0.29) is 5.56 Å². The number of hydrogen-bond donors (Lipinski definition) is 1. The van der Waals surface area contributed by atoms with Crippen LogP contribution >= 0.6 is 0 Å². The second-order valence-corrected chi connectivity index (χ2v) is 3.99. The summed E-state index contributed by atoms with van der Waals surface area (Å²) in [5, 5.41) is 9.03. The number of aryl methyl sites for hydroxylation is 1. The lowest BCUT2D eigenvalue weighted by molar-refractivity contribution is 0.0698. The number of rotatable bonds is 3. The molecule has 3 heteroatoms. The third-order valence-electron chi connectivity index (χ3n) is 2.56. The molecule has 0 aliphatic heterocycles. The minimum absolute atomic E-state index is 0.209. The number of aromatic carboxylic acids is 1. The zero-order chi connectivity index (χ0) is 13.0. The van der Waals surface area contributed by atoms with Gasteiger partial charge in [0.25, 0.3) is 0 Å². The van der Waals surface area contributed by atoms with Gasteiger partial charge in [-0.15, -0.1) is 0 Å². The van der Waals surface area contributed by atoms with Crippen molar-refractivity contribution >= 4 is 17.9 Å². The average molecular weight is 239 g/mol. The highest BCUT2D eigenvalue weighted by Crippen LogP contribution is 2.18. The van der Waals surface area contributed by atoms with Crippen molar-refractivity contribution in [3.8, 4) is 0 Å². The Labute approximate surface area is 105 Å². The van der Waals surface area contributed by atoms with E-state index in [1.807, 2.05) is 31.2 Å². The molecule has 1 N–H and O–H groups in total. The Morgan fingerprint density at radius 2 is 1.78 bits per heavy atom. The average Bonchev–Trinajstić information content (AvgIpc) is 2.38. The minimum Gasteiger partial charge on any atom is -0.478 e. The zero-order valence-corrected chi connectivity index (χ0v) is 10.00. The Bertz CT molecular complexity index is 586. The first kappa shape index (κ1) is 12.0. The molecule has 2 aromatic rings. The van der Waals surface area contributed by atoms with E-state index in [0.29, 0.717) is 5.69 Å². The first-order valence-electron chi connectivity index (χ1n) is 5.60. The first-order valence-corrected chi connectivity index (χ1v) is 5.60. The van der Waals surface area contributed by atoms with Gasteiger partial charge in [0.05, 0.1) is 11.3 Å². The Hall–Kier alpha value is -2.42. The van der Waals surface area contributed by atoms with Crippen LogP contribution in [0.4, 0.5) is 5.69 Å². The van der Waals surface area contributed by atoms with Crippen molar-refractivity contribution in [2.24, 2.45) is 4.99 Å². The van der Waals surface area contributed by atoms with Gasteiger partial charge in [0.2, 0.25) is 0 Å². The van der Waals surface area contributed by atoms with Gasteiger partial charge in [-0.05, 0) is 24.6 Å². The predicted molar refractivity (Wildman–Crippen MR) is 71.8 cm³/mol. The van der Waals surface area contributed by atoms with Crippen molar-refractivity contribution in [3.63, 3.8) is 0 Å². The maximum atomic E-state index is 11.0. The minimum atomic E-state index is -0.966. The van der Waals surface area contributed by atoms with Crippen LogP contribution in [-0.2, 0) is 0 Å². The van der Waals surface area contributed by atoms with Gasteiger partial charge in [-0.2, -0.15) is 0 Å². The number of nitrogens with zero attached hydrogens (tertiary/aromatic N) is 1. The van der Waals surface area contributed by atoms with Crippen molar-refractivity contribution < 1.29 is 9.90 Å². The van der Waals surface area contributed by atoms with Crippen LogP contribution in [0.1, 0.15) is 21.5 Å². The zero-order valence-electron chi connectivity index (χ0n) is 10.00. The monoisotopic (exact) mass is 239 g/mol. The highest BCUT2D eigenvalue weighted by Gasteiger charge is 2.06. The van der Waals surface area contributed by atoms with Gasteiger partial charge in [-0.25, -0.2) is 4.79 Å². The van der Waals surface area contributed by atoms with E-state index in [4.69, 9.17) is 5.11 Å². The smallest absolute Gasteiger partial charge is 0.337 e. The summed E-state index contributed by atoms with van der Waals surface area (Å²) in [7, 11) is 0. The third kappa shape index (κ3) is 2.83. The number of benzene rings is 2. The van der Waals surface area contributed by atoms with Crippen LogP contribution in [0.5, 0.6) is 0 Å². The van der Waals surface area contributed by atoms with E-state index in [9.17, 15) is 4.79 Å². The van der Waals surface area contributed by atoms with Crippen LogP contribution in [0, 0.1) is 6.92 Å². The highest BCUT2D eigenvalue weighted by atomic mass is 16.4. The van der Waals surface area contributed by atoms with Gasteiger partial charge < -0.3 is 5.11 Å². The van der Waals surface area contributed by atoms with Crippen LogP contribution in [0.3, 0.4) is 0 Å². The number of carboxylic acids is 1. The summed E-state index contributed by atoms with van der Waals surface area (Å²) < 4.78 is 0. The summed E-state index contributed by atoms with van der Waals surface area (Å²) in [5.74, 6) is -0.966. The number of aliphatic imine (C=N–C) groups is 1. The fourth-order valence-corrected chi connectivity index (χ4v) is 1.56. The molecule has 0 saturated carbocycles. The lowest BCUT2D eigenvalue weighted by atomic mass is 10.1. The van der Waals surface area contributed by atoms with Crippen molar-refractivity contribution in [3.05, 3.63) is 65.2 Å². The second kappa shape index (κ2) is 5.27. The Kier molecular flexibility index (Phi) is 3.53. The van der Waals surface area contributed by atoms with Gasteiger partial charge in [-0.1, -0.05) is 42.0 Å². The molecule has 18 heavy (non-hydrogen) atoms. The molecule has 0 atom stereocenters. The first-order chi connectivity index (χ1) is 8.66. The summed E-state index contributed by atoms with van der Waals surface area (Å²) in [6.45, 7) is 2.01.